The van der Waals surface area contributed by atoms with Crippen LogP contribution in [0.25, 0.3) is 0 Å². The standard InChI is InChI=1S/C18H31N3O2/c1-6-18(23,7-2)13-20-17(22)19-12-16(21(4)5)15-10-8-14(3)9-11-15/h8-11,16,23H,6-7,12-13H2,1-5H3,(H2,19,20,22). The predicted octanol–water partition coefficient (Wildman–Crippen LogP) is 2.45. The van der Waals surface area contributed by atoms with Crippen LogP contribution in [0.5, 0.6) is 0 Å². The average molecular weight is 321 g/mol. The Labute approximate surface area is 140 Å². The van der Waals surface area contributed by atoms with Crippen LogP contribution in [0.1, 0.15) is 43.9 Å². The molecule has 3 N–H and O–H groups in total. The minimum Gasteiger partial charge on any atom is -0.388 e. The monoisotopic (exact) mass is 321 g/mol. The lowest BCUT2D eigenvalue weighted by molar-refractivity contribution is 0.0349. The fourth-order valence-corrected chi connectivity index (χ4v) is 2.38. The summed E-state index contributed by atoms with van der Waals surface area (Å²) in [5.41, 5.74) is 1.56. The molecule has 0 bridgehead atoms. The van der Waals surface area contributed by atoms with Crippen LogP contribution in [-0.4, -0.2) is 48.8 Å². The molecule has 0 radical (unpaired) electrons. The van der Waals surface area contributed by atoms with E-state index in [1.807, 2.05) is 27.9 Å². The predicted molar refractivity (Wildman–Crippen MR) is 94.5 cm³/mol. The van der Waals surface area contributed by atoms with Crippen molar-refractivity contribution in [1.29, 1.82) is 0 Å². The van der Waals surface area contributed by atoms with E-state index in [1.165, 1.54) is 11.1 Å². The van der Waals surface area contributed by atoms with Crippen LogP contribution in [0.4, 0.5) is 4.79 Å². The molecule has 0 aliphatic rings. The number of likely N-dealkylation sites (N-methyl/N-ethyl adjacent to an activating group) is 1. The number of carbonyl (C=O) groups excluding carboxylic acids is 1. The van der Waals surface area contributed by atoms with Crippen LogP contribution >= 0.6 is 0 Å². The summed E-state index contributed by atoms with van der Waals surface area (Å²) in [7, 11) is 3.99. The Kier molecular flexibility index (Phi) is 7.52. The molecule has 0 aromatic heterocycles. The van der Waals surface area contributed by atoms with Crippen LogP contribution < -0.4 is 10.6 Å². The fraction of sp³-hybridized carbons (Fsp3) is 0.611. The van der Waals surface area contributed by atoms with E-state index >= 15 is 0 Å². The van der Waals surface area contributed by atoms with Gasteiger partial charge in [0.25, 0.3) is 0 Å². The summed E-state index contributed by atoms with van der Waals surface area (Å²) < 4.78 is 0. The highest BCUT2D eigenvalue weighted by molar-refractivity contribution is 5.73. The van der Waals surface area contributed by atoms with Crippen LogP contribution in [0.2, 0.25) is 0 Å². The second kappa shape index (κ2) is 8.89. The molecule has 130 valence electrons. The number of urea groups is 1. The van der Waals surface area contributed by atoms with E-state index in [1.54, 1.807) is 0 Å². The maximum absolute atomic E-state index is 12.0. The van der Waals surface area contributed by atoms with Crippen LogP contribution in [0, 0.1) is 6.92 Å². The molecule has 23 heavy (non-hydrogen) atoms. The summed E-state index contributed by atoms with van der Waals surface area (Å²) in [6.07, 6.45) is 1.24. The third kappa shape index (κ3) is 6.20. The number of aliphatic hydroxyl groups is 1. The van der Waals surface area contributed by atoms with Crippen LogP contribution in [0.3, 0.4) is 0 Å². The molecule has 0 spiro atoms. The molecular weight excluding hydrogens is 290 g/mol. The zero-order chi connectivity index (χ0) is 17.5. The van der Waals surface area contributed by atoms with Crippen molar-refractivity contribution in [3.63, 3.8) is 0 Å². The molecule has 0 aliphatic heterocycles. The van der Waals surface area contributed by atoms with Gasteiger partial charge in [0, 0.05) is 13.1 Å². The van der Waals surface area contributed by atoms with Crippen molar-refractivity contribution >= 4 is 6.03 Å². The Morgan fingerprint density at radius 1 is 1.17 bits per heavy atom. The Morgan fingerprint density at radius 3 is 2.22 bits per heavy atom. The minimum absolute atomic E-state index is 0.109. The van der Waals surface area contributed by atoms with Gasteiger partial charge in [-0.15, -0.1) is 0 Å². The van der Waals surface area contributed by atoms with Gasteiger partial charge in [0.05, 0.1) is 11.6 Å². The van der Waals surface area contributed by atoms with E-state index in [-0.39, 0.29) is 18.6 Å². The van der Waals surface area contributed by atoms with Gasteiger partial charge in [-0.1, -0.05) is 43.7 Å². The molecule has 5 nitrogen and oxygen atoms in total. The topological polar surface area (TPSA) is 64.6 Å². The smallest absolute Gasteiger partial charge is 0.314 e. The Bertz CT molecular complexity index is 482. The summed E-state index contributed by atoms with van der Waals surface area (Å²) in [5.74, 6) is 0. The molecule has 1 unspecified atom stereocenters. The first kappa shape index (κ1) is 19.5. The number of carbonyl (C=O) groups is 1. The number of rotatable bonds is 8. The molecule has 0 saturated heterocycles. The first-order valence-electron chi connectivity index (χ1n) is 8.28. The third-order valence-electron chi connectivity index (χ3n) is 4.44. The molecule has 0 aliphatic carbocycles. The van der Waals surface area contributed by atoms with Gasteiger partial charge >= 0.3 is 6.03 Å². The maximum atomic E-state index is 12.0. The number of hydrogen-bond acceptors (Lipinski definition) is 3. The van der Waals surface area contributed by atoms with Gasteiger partial charge in [0.1, 0.15) is 0 Å². The quantitative estimate of drug-likeness (QED) is 0.689. The molecule has 1 atom stereocenters. The van der Waals surface area contributed by atoms with Gasteiger partial charge in [-0.2, -0.15) is 0 Å². The molecular formula is C18H31N3O2. The highest BCUT2D eigenvalue weighted by atomic mass is 16.3. The lowest BCUT2D eigenvalue weighted by Gasteiger charge is -2.27. The Morgan fingerprint density at radius 2 is 1.74 bits per heavy atom. The van der Waals surface area contributed by atoms with E-state index in [0.717, 1.165) is 0 Å². The molecule has 0 fully saturated rings. The number of nitrogens with one attached hydrogen (secondary N) is 2. The average Bonchev–Trinajstić information content (AvgIpc) is 2.54. The van der Waals surface area contributed by atoms with Gasteiger partial charge in [-0.05, 0) is 39.4 Å². The van der Waals surface area contributed by atoms with Crippen molar-refractivity contribution in [2.45, 2.75) is 45.3 Å². The van der Waals surface area contributed by atoms with Crippen molar-refractivity contribution in [3.05, 3.63) is 35.4 Å². The molecule has 1 aromatic carbocycles. The summed E-state index contributed by atoms with van der Waals surface area (Å²) in [6.45, 7) is 6.68. The normalized spacial score (nSPS) is 13.0. The second-order valence-corrected chi connectivity index (χ2v) is 6.39. The zero-order valence-electron chi connectivity index (χ0n) is 15.0. The first-order valence-corrected chi connectivity index (χ1v) is 8.28. The van der Waals surface area contributed by atoms with E-state index in [4.69, 9.17) is 0 Å². The van der Waals surface area contributed by atoms with Crippen molar-refractivity contribution in [3.8, 4) is 0 Å². The first-order chi connectivity index (χ1) is 10.8. The molecule has 1 aromatic rings. The summed E-state index contributed by atoms with van der Waals surface area (Å²) in [5, 5.41) is 15.9. The lowest BCUT2D eigenvalue weighted by atomic mass is 9.98. The second-order valence-electron chi connectivity index (χ2n) is 6.39. The van der Waals surface area contributed by atoms with E-state index in [9.17, 15) is 9.90 Å². The number of hydrogen-bond donors (Lipinski definition) is 3. The summed E-state index contributed by atoms with van der Waals surface area (Å²) in [4.78, 5) is 14.1. The highest BCUT2D eigenvalue weighted by Crippen LogP contribution is 2.18. The maximum Gasteiger partial charge on any atom is 0.314 e. The van der Waals surface area contributed by atoms with Gasteiger partial charge in [0.2, 0.25) is 0 Å². The van der Waals surface area contributed by atoms with E-state index in [0.29, 0.717) is 19.4 Å². The molecule has 1 rings (SSSR count). The third-order valence-corrected chi connectivity index (χ3v) is 4.44. The van der Waals surface area contributed by atoms with Gasteiger partial charge in [0.15, 0.2) is 0 Å². The fourth-order valence-electron chi connectivity index (χ4n) is 2.38. The van der Waals surface area contributed by atoms with Gasteiger partial charge < -0.3 is 20.6 Å². The minimum atomic E-state index is -0.824. The zero-order valence-corrected chi connectivity index (χ0v) is 15.0. The number of aryl methyl sites for hydroxylation is 1. The summed E-state index contributed by atoms with van der Waals surface area (Å²) in [6, 6.07) is 8.20. The van der Waals surface area contributed by atoms with Gasteiger partial charge in [-0.25, -0.2) is 4.79 Å². The molecule has 2 amide bonds. The summed E-state index contributed by atoms with van der Waals surface area (Å²) >= 11 is 0. The molecule has 5 heteroatoms. The highest BCUT2D eigenvalue weighted by Gasteiger charge is 2.23. The van der Waals surface area contributed by atoms with Crippen molar-refractivity contribution in [2.24, 2.45) is 0 Å². The van der Waals surface area contributed by atoms with Crippen molar-refractivity contribution < 1.29 is 9.90 Å². The lowest BCUT2D eigenvalue weighted by Crippen LogP contribution is -2.47. The largest absolute Gasteiger partial charge is 0.388 e. The SMILES string of the molecule is CCC(O)(CC)CNC(=O)NCC(c1ccc(C)cc1)N(C)C. The molecule has 0 saturated carbocycles. The van der Waals surface area contributed by atoms with Crippen LogP contribution in [0.15, 0.2) is 24.3 Å². The van der Waals surface area contributed by atoms with E-state index < -0.39 is 5.60 Å². The van der Waals surface area contributed by atoms with Gasteiger partial charge in [-0.3, -0.25) is 0 Å². The van der Waals surface area contributed by atoms with Crippen LogP contribution in [-0.2, 0) is 0 Å². The number of nitrogens with zero attached hydrogens (tertiary/aromatic N) is 1. The Balaban J connectivity index is 2.55. The Hall–Kier alpha value is -1.59. The number of benzene rings is 1. The molecule has 0 heterocycles. The van der Waals surface area contributed by atoms with Crippen molar-refractivity contribution in [1.82, 2.24) is 15.5 Å². The van der Waals surface area contributed by atoms with Crippen molar-refractivity contribution in [2.75, 3.05) is 27.2 Å². The number of amides is 2. The van der Waals surface area contributed by atoms with E-state index in [2.05, 4.69) is 46.7 Å².